The molecule has 1 aliphatic heterocycles. The number of rotatable bonds is 6. The first kappa shape index (κ1) is 13.2. The fourth-order valence-electron chi connectivity index (χ4n) is 2.40. The molecular formula is C14H21N5O. The second kappa shape index (κ2) is 6.09. The van der Waals surface area contributed by atoms with Crippen LogP contribution in [0.5, 0.6) is 0 Å². The first-order valence-corrected chi connectivity index (χ1v) is 7.30. The van der Waals surface area contributed by atoms with E-state index < -0.39 is 0 Å². The Kier molecular flexibility index (Phi) is 4.01. The minimum atomic E-state index is 0.291. The van der Waals surface area contributed by atoms with Crippen LogP contribution < -0.4 is 10.6 Å². The van der Waals surface area contributed by atoms with Crippen molar-refractivity contribution in [2.45, 2.75) is 32.3 Å². The topological polar surface area (TPSA) is 63.5 Å². The Morgan fingerprint density at radius 3 is 3.20 bits per heavy atom. The molecule has 0 spiro atoms. The lowest BCUT2D eigenvalue weighted by atomic mass is 10.2. The lowest BCUT2D eigenvalue weighted by molar-refractivity contribution is 0.120. The van der Waals surface area contributed by atoms with E-state index in [0.717, 1.165) is 56.2 Å². The molecule has 0 aliphatic carbocycles. The maximum Gasteiger partial charge on any atom is 0.180 e. The summed E-state index contributed by atoms with van der Waals surface area (Å²) in [5.41, 5.74) is 0.852. The fraction of sp³-hybridized carbons (Fsp3) is 0.571. The molecule has 2 aromatic heterocycles. The lowest BCUT2D eigenvalue weighted by Crippen LogP contribution is -2.19. The van der Waals surface area contributed by atoms with Crippen LogP contribution in [0.15, 0.2) is 18.6 Å². The maximum absolute atomic E-state index is 5.63. The van der Waals surface area contributed by atoms with Gasteiger partial charge in [-0.3, -0.25) is 0 Å². The predicted octanol–water partition coefficient (Wildman–Crippen LogP) is 2.14. The molecule has 20 heavy (non-hydrogen) atoms. The van der Waals surface area contributed by atoms with Crippen molar-refractivity contribution < 1.29 is 4.74 Å². The van der Waals surface area contributed by atoms with Crippen molar-refractivity contribution in [3.8, 4) is 0 Å². The van der Waals surface area contributed by atoms with Gasteiger partial charge in [-0.1, -0.05) is 6.92 Å². The first-order valence-electron chi connectivity index (χ1n) is 7.30. The van der Waals surface area contributed by atoms with Crippen LogP contribution in [0.4, 0.5) is 11.6 Å². The van der Waals surface area contributed by atoms with Gasteiger partial charge in [0, 0.05) is 32.1 Å². The molecule has 2 N–H and O–H groups in total. The Bertz CT molecular complexity index is 562. The summed E-state index contributed by atoms with van der Waals surface area (Å²) in [5.74, 6) is 1.68. The summed E-state index contributed by atoms with van der Waals surface area (Å²) in [5, 5.41) is 6.69. The average molecular weight is 275 g/mol. The van der Waals surface area contributed by atoms with Crippen LogP contribution in [0, 0.1) is 0 Å². The normalized spacial score (nSPS) is 18.6. The van der Waals surface area contributed by atoms with Gasteiger partial charge in [0.15, 0.2) is 11.5 Å². The Hall–Kier alpha value is -1.82. The zero-order valence-corrected chi connectivity index (χ0v) is 11.8. The van der Waals surface area contributed by atoms with E-state index >= 15 is 0 Å². The molecule has 1 fully saturated rings. The third-order valence-corrected chi connectivity index (χ3v) is 3.45. The highest BCUT2D eigenvalue weighted by Crippen LogP contribution is 2.18. The monoisotopic (exact) mass is 275 g/mol. The standard InChI is InChI=1S/C14H21N5O/c1-2-5-15-12-10-19-7-6-16-14(19)13(18-12)17-9-11-4-3-8-20-11/h6-7,10-11,15H,2-5,8-9H2,1H3,(H,17,18). The number of nitrogens with zero attached hydrogens (tertiary/aromatic N) is 3. The SMILES string of the molecule is CCCNc1cn2ccnc2c(NCC2CCCO2)n1. The molecule has 0 aromatic carbocycles. The van der Waals surface area contributed by atoms with Gasteiger partial charge in [0.25, 0.3) is 0 Å². The molecule has 6 nitrogen and oxygen atoms in total. The van der Waals surface area contributed by atoms with Crippen LogP contribution in [-0.4, -0.2) is 40.2 Å². The van der Waals surface area contributed by atoms with Crippen molar-refractivity contribution in [1.82, 2.24) is 14.4 Å². The van der Waals surface area contributed by atoms with Gasteiger partial charge < -0.3 is 19.8 Å². The van der Waals surface area contributed by atoms with Gasteiger partial charge in [-0.25, -0.2) is 9.97 Å². The number of hydrogen-bond donors (Lipinski definition) is 2. The molecule has 1 unspecified atom stereocenters. The molecular weight excluding hydrogens is 254 g/mol. The third-order valence-electron chi connectivity index (χ3n) is 3.45. The number of nitrogens with one attached hydrogen (secondary N) is 2. The average Bonchev–Trinajstić information content (AvgIpc) is 3.13. The second-order valence-electron chi connectivity index (χ2n) is 5.08. The van der Waals surface area contributed by atoms with Crippen LogP contribution in [0.1, 0.15) is 26.2 Å². The highest BCUT2D eigenvalue weighted by Gasteiger charge is 2.16. The Labute approximate surface area is 118 Å². The van der Waals surface area contributed by atoms with E-state index in [1.54, 1.807) is 6.20 Å². The van der Waals surface area contributed by atoms with E-state index in [1.165, 1.54) is 0 Å². The number of fused-ring (bicyclic) bond motifs is 1. The van der Waals surface area contributed by atoms with Gasteiger partial charge in [0.1, 0.15) is 5.82 Å². The lowest BCUT2D eigenvalue weighted by Gasteiger charge is -2.13. The summed E-state index contributed by atoms with van der Waals surface area (Å²) in [6, 6.07) is 0. The van der Waals surface area contributed by atoms with Crippen molar-refractivity contribution in [2.75, 3.05) is 30.3 Å². The molecule has 1 atom stereocenters. The smallest absolute Gasteiger partial charge is 0.180 e. The summed E-state index contributed by atoms with van der Waals surface area (Å²) in [6.45, 7) is 4.71. The number of aromatic nitrogens is 3. The Balaban J connectivity index is 1.77. The second-order valence-corrected chi connectivity index (χ2v) is 5.08. The molecule has 0 radical (unpaired) electrons. The first-order chi connectivity index (χ1) is 9.86. The van der Waals surface area contributed by atoms with Crippen molar-refractivity contribution >= 4 is 17.3 Å². The van der Waals surface area contributed by atoms with Gasteiger partial charge >= 0.3 is 0 Å². The number of hydrogen-bond acceptors (Lipinski definition) is 5. The number of anilines is 2. The van der Waals surface area contributed by atoms with E-state index in [2.05, 4.69) is 27.5 Å². The highest BCUT2D eigenvalue weighted by molar-refractivity contribution is 5.65. The molecule has 1 saturated heterocycles. The molecule has 0 amide bonds. The summed E-state index contributed by atoms with van der Waals surface area (Å²) >= 11 is 0. The number of imidazole rings is 1. The van der Waals surface area contributed by atoms with Crippen molar-refractivity contribution in [3.63, 3.8) is 0 Å². The minimum Gasteiger partial charge on any atom is -0.376 e. The van der Waals surface area contributed by atoms with Gasteiger partial charge in [-0.05, 0) is 19.3 Å². The van der Waals surface area contributed by atoms with Crippen molar-refractivity contribution in [3.05, 3.63) is 18.6 Å². The fourth-order valence-corrected chi connectivity index (χ4v) is 2.40. The predicted molar refractivity (Wildman–Crippen MR) is 79.2 cm³/mol. The Morgan fingerprint density at radius 1 is 1.45 bits per heavy atom. The van der Waals surface area contributed by atoms with E-state index in [4.69, 9.17) is 4.74 Å². The molecule has 3 heterocycles. The van der Waals surface area contributed by atoms with Crippen molar-refractivity contribution in [2.24, 2.45) is 0 Å². The van der Waals surface area contributed by atoms with Crippen LogP contribution in [-0.2, 0) is 4.74 Å². The van der Waals surface area contributed by atoms with Gasteiger partial charge in [-0.15, -0.1) is 0 Å². The van der Waals surface area contributed by atoms with Crippen LogP contribution in [0.3, 0.4) is 0 Å². The highest BCUT2D eigenvalue weighted by atomic mass is 16.5. The quantitative estimate of drug-likeness (QED) is 0.845. The molecule has 108 valence electrons. The molecule has 0 saturated carbocycles. The zero-order chi connectivity index (χ0) is 13.8. The summed E-state index contributed by atoms with van der Waals surface area (Å²) in [4.78, 5) is 8.97. The number of ether oxygens (including phenoxy) is 1. The van der Waals surface area contributed by atoms with Crippen molar-refractivity contribution in [1.29, 1.82) is 0 Å². The molecule has 2 aromatic rings. The molecule has 0 bridgehead atoms. The third kappa shape index (κ3) is 2.85. The largest absolute Gasteiger partial charge is 0.376 e. The molecule has 1 aliphatic rings. The van der Waals surface area contributed by atoms with E-state index in [-0.39, 0.29) is 0 Å². The summed E-state index contributed by atoms with van der Waals surface area (Å²) in [6.07, 6.45) is 9.32. The van der Waals surface area contributed by atoms with E-state index in [0.29, 0.717) is 6.10 Å². The van der Waals surface area contributed by atoms with E-state index in [1.807, 2.05) is 16.8 Å². The molecule has 6 heteroatoms. The Morgan fingerprint density at radius 2 is 2.40 bits per heavy atom. The van der Waals surface area contributed by atoms with Crippen LogP contribution in [0.25, 0.3) is 5.65 Å². The van der Waals surface area contributed by atoms with Crippen LogP contribution >= 0.6 is 0 Å². The summed E-state index contributed by atoms with van der Waals surface area (Å²) in [7, 11) is 0. The maximum atomic E-state index is 5.63. The van der Waals surface area contributed by atoms with Gasteiger partial charge in [0.2, 0.25) is 0 Å². The van der Waals surface area contributed by atoms with E-state index in [9.17, 15) is 0 Å². The van der Waals surface area contributed by atoms with Gasteiger partial charge in [-0.2, -0.15) is 0 Å². The summed E-state index contributed by atoms with van der Waals surface area (Å²) < 4.78 is 7.62. The van der Waals surface area contributed by atoms with Crippen LogP contribution in [0.2, 0.25) is 0 Å². The van der Waals surface area contributed by atoms with Gasteiger partial charge in [0.05, 0.1) is 12.3 Å². The minimum absolute atomic E-state index is 0.291. The molecule has 3 rings (SSSR count). The zero-order valence-electron chi connectivity index (χ0n) is 11.8.